The molecule has 0 bridgehead atoms. The number of aryl methyl sites for hydroxylation is 2. The number of hydrogen-bond acceptors (Lipinski definition) is 3. The van der Waals surface area contributed by atoms with Crippen LogP contribution in [0.15, 0.2) is 24.7 Å². The predicted molar refractivity (Wildman–Crippen MR) is 65.7 cm³/mol. The number of nitrogens with one attached hydrogen (secondary N) is 1. The van der Waals surface area contributed by atoms with Gasteiger partial charge >= 0.3 is 0 Å². The minimum absolute atomic E-state index is 0. The second-order valence-electron chi connectivity index (χ2n) is 3.42. The molecular weight excluding hydrogens is 226 g/mol. The molecule has 16 heavy (non-hydrogen) atoms. The van der Waals surface area contributed by atoms with Crippen LogP contribution in [0.4, 0.5) is 5.69 Å². The molecule has 1 N–H and O–H groups in total. The number of rotatable bonds is 4. The van der Waals surface area contributed by atoms with Gasteiger partial charge in [0.25, 0.3) is 0 Å². The third-order valence-corrected chi connectivity index (χ3v) is 2.20. The van der Waals surface area contributed by atoms with Gasteiger partial charge in [-0.1, -0.05) is 0 Å². The third kappa shape index (κ3) is 3.00. The molecule has 0 atom stereocenters. The molecule has 0 amide bonds. The summed E-state index contributed by atoms with van der Waals surface area (Å²) in [5.74, 6) is 0. The summed E-state index contributed by atoms with van der Waals surface area (Å²) in [6.07, 6.45) is 5.75. The van der Waals surface area contributed by atoms with E-state index in [0.29, 0.717) is 0 Å². The molecule has 0 spiro atoms. The normalized spacial score (nSPS) is 9.88. The largest absolute Gasteiger partial charge is 0.377 e. The van der Waals surface area contributed by atoms with Crippen molar-refractivity contribution in [2.75, 3.05) is 5.32 Å². The summed E-state index contributed by atoms with van der Waals surface area (Å²) in [5.41, 5.74) is 2.06. The van der Waals surface area contributed by atoms with Crippen molar-refractivity contribution in [2.24, 2.45) is 7.05 Å². The Hall–Kier alpha value is -1.49. The molecule has 0 saturated heterocycles. The molecule has 2 aromatic heterocycles. The van der Waals surface area contributed by atoms with E-state index in [9.17, 15) is 0 Å². The fourth-order valence-corrected chi connectivity index (χ4v) is 1.38. The first kappa shape index (κ1) is 12.6. The maximum atomic E-state index is 4.28. The number of halogens is 1. The molecule has 0 aliphatic carbocycles. The Morgan fingerprint density at radius 2 is 2.25 bits per heavy atom. The number of aromatic nitrogens is 4. The monoisotopic (exact) mass is 241 g/mol. The van der Waals surface area contributed by atoms with Crippen molar-refractivity contribution in [3.63, 3.8) is 0 Å². The maximum Gasteiger partial charge on any atom is 0.0815 e. The van der Waals surface area contributed by atoms with Gasteiger partial charge in [0.05, 0.1) is 24.1 Å². The van der Waals surface area contributed by atoms with Gasteiger partial charge in [-0.2, -0.15) is 10.2 Å². The molecule has 6 heteroatoms. The lowest BCUT2D eigenvalue weighted by Crippen LogP contribution is -2.00. The Balaban J connectivity index is 0.00000128. The fraction of sp³-hybridized carbons (Fsp3) is 0.400. The fourth-order valence-electron chi connectivity index (χ4n) is 1.38. The summed E-state index contributed by atoms with van der Waals surface area (Å²) in [6.45, 7) is 3.69. The van der Waals surface area contributed by atoms with E-state index in [-0.39, 0.29) is 12.4 Å². The van der Waals surface area contributed by atoms with Gasteiger partial charge in [0.15, 0.2) is 0 Å². The number of nitrogens with zero attached hydrogens (tertiary/aromatic N) is 4. The van der Waals surface area contributed by atoms with E-state index in [1.165, 1.54) is 0 Å². The SMILES string of the molecule is CCn1cc(NCc2ccn(C)n2)cn1.Cl. The van der Waals surface area contributed by atoms with E-state index in [2.05, 4.69) is 22.4 Å². The van der Waals surface area contributed by atoms with E-state index in [1.54, 1.807) is 4.68 Å². The molecule has 88 valence electrons. The average molecular weight is 242 g/mol. The smallest absolute Gasteiger partial charge is 0.0815 e. The second kappa shape index (κ2) is 5.55. The summed E-state index contributed by atoms with van der Waals surface area (Å²) in [5, 5.41) is 11.7. The lowest BCUT2D eigenvalue weighted by molar-refractivity contribution is 0.660. The van der Waals surface area contributed by atoms with Crippen LogP contribution in [0, 0.1) is 0 Å². The summed E-state index contributed by atoms with van der Waals surface area (Å²) in [7, 11) is 1.92. The van der Waals surface area contributed by atoms with E-state index in [4.69, 9.17) is 0 Å². The Kier molecular flexibility index (Phi) is 4.37. The molecule has 0 saturated carbocycles. The molecule has 2 heterocycles. The van der Waals surface area contributed by atoms with Crippen LogP contribution in [-0.2, 0) is 20.1 Å². The molecule has 0 unspecified atom stereocenters. The Morgan fingerprint density at radius 1 is 1.44 bits per heavy atom. The van der Waals surface area contributed by atoms with Crippen LogP contribution < -0.4 is 5.32 Å². The van der Waals surface area contributed by atoms with Crippen LogP contribution in [0.1, 0.15) is 12.6 Å². The zero-order chi connectivity index (χ0) is 10.7. The molecule has 2 aromatic rings. The highest BCUT2D eigenvalue weighted by molar-refractivity contribution is 5.85. The van der Waals surface area contributed by atoms with Gasteiger partial charge < -0.3 is 5.32 Å². The summed E-state index contributed by atoms with van der Waals surface area (Å²) >= 11 is 0. The summed E-state index contributed by atoms with van der Waals surface area (Å²) < 4.78 is 3.69. The molecule has 0 aliphatic heterocycles. The van der Waals surface area contributed by atoms with Crippen LogP contribution in [-0.4, -0.2) is 19.6 Å². The van der Waals surface area contributed by atoms with Gasteiger partial charge in [-0.3, -0.25) is 9.36 Å². The zero-order valence-corrected chi connectivity index (χ0v) is 10.2. The highest BCUT2D eigenvalue weighted by atomic mass is 35.5. The van der Waals surface area contributed by atoms with Crippen LogP contribution in [0.25, 0.3) is 0 Å². The molecule has 0 radical (unpaired) electrons. The van der Waals surface area contributed by atoms with Crippen molar-refractivity contribution in [1.29, 1.82) is 0 Å². The first-order valence-electron chi connectivity index (χ1n) is 5.03. The highest BCUT2D eigenvalue weighted by Gasteiger charge is 1.98. The number of anilines is 1. The first-order chi connectivity index (χ1) is 7.28. The standard InChI is InChI=1S/C10H15N5.ClH/c1-3-15-8-10(7-12-15)11-6-9-4-5-14(2)13-9;/h4-5,7-8,11H,3,6H2,1-2H3;1H. The Bertz CT molecular complexity index is 434. The van der Waals surface area contributed by atoms with Crippen LogP contribution in [0.5, 0.6) is 0 Å². The quantitative estimate of drug-likeness (QED) is 0.886. The highest BCUT2D eigenvalue weighted by Crippen LogP contribution is 2.06. The maximum absolute atomic E-state index is 4.28. The lowest BCUT2D eigenvalue weighted by Gasteiger charge is -1.99. The topological polar surface area (TPSA) is 47.7 Å². The van der Waals surface area contributed by atoms with Crippen molar-refractivity contribution < 1.29 is 0 Å². The zero-order valence-electron chi connectivity index (χ0n) is 9.42. The van der Waals surface area contributed by atoms with Crippen molar-refractivity contribution in [1.82, 2.24) is 19.6 Å². The molecule has 0 aromatic carbocycles. The van der Waals surface area contributed by atoms with Crippen molar-refractivity contribution >= 4 is 18.1 Å². The molecule has 5 nitrogen and oxygen atoms in total. The molecular formula is C10H16ClN5. The summed E-state index contributed by atoms with van der Waals surface area (Å²) in [6, 6.07) is 2.00. The van der Waals surface area contributed by atoms with Gasteiger partial charge in [-0.25, -0.2) is 0 Å². The Labute approximate surface area is 101 Å². The van der Waals surface area contributed by atoms with Gasteiger partial charge in [-0.05, 0) is 13.0 Å². The molecule has 0 fully saturated rings. The lowest BCUT2D eigenvalue weighted by atomic mass is 10.4. The number of hydrogen-bond donors (Lipinski definition) is 1. The first-order valence-corrected chi connectivity index (χ1v) is 5.03. The van der Waals surface area contributed by atoms with Crippen molar-refractivity contribution in [2.45, 2.75) is 20.0 Å². The Morgan fingerprint density at radius 3 is 2.81 bits per heavy atom. The van der Waals surface area contributed by atoms with Crippen LogP contribution >= 0.6 is 12.4 Å². The van der Waals surface area contributed by atoms with Crippen molar-refractivity contribution in [3.8, 4) is 0 Å². The van der Waals surface area contributed by atoms with E-state index < -0.39 is 0 Å². The second-order valence-corrected chi connectivity index (χ2v) is 3.42. The van der Waals surface area contributed by atoms with Crippen molar-refractivity contribution in [3.05, 3.63) is 30.4 Å². The summed E-state index contributed by atoms with van der Waals surface area (Å²) in [4.78, 5) is 0. The van der Waals surface area contributed by atoms with E-state index in [0.717, 1.165) is 24.5 Å². The van der Waals surface area contributed by atoms with Gasteiger partial charge in [0, 0.05) is 26.0 Å². The van der Waals surface area contributed by atoms with Crippen LogP contribution in [0.3, 0.4) is 0 Å². The minimum atomic E-state index is 0. The van der Waals surface area contributed by atoms with E-state index in [1.807, 2.05) is 36.4 Å². The average Bonchev–Trinajstić information content (AvgIpc) is 2.83. The minimum Gasteiger partial charge on any atom is -0.377 e. The van der Waals surface area contributed by atoms with E-state index >= 15 is 0 Å². The predicted octanol–water partition coefficient (Wildman–Crippen LogP) is 1.67. The van der Waals surface area contributed by atoms with Gasteiger partial charge in [-0.15, -0.1) is 12.4 Å². The third-order valence-electron chi connectivity index (χ3n) is 2.20. The molecule has 2 rings (SSSR count). The molecule has 0 aliphatic rings. The van der Waals surface area contributed by atoms with Gasteiger partial charge in [0.2, 0.25) is 0 Å². The van der Waals surface area contributed by atoms with Crippen LogP contribution in [0.2, 0.25) is 0 Å². The van der Waals surface area contributed by atoms with Gasteiger partial charge in [0.1, 0.15) is 0 Å².